The van der Waals surface area contributed by atoms with Gasteiger partial charge in [0.15, 0.2) is 0 Å². The SMILES string of the molecule is Cc1nc2ccc(NCC3CCCOC3)cc2s1. The Morgan fingerprint density at radius 1 is 1.50 bits per heavy atom. The summed E-state index contributed by atoms with van der Waals surface area (Å²) in [5, 5.41) is 4.64. The number of ether oxygens (including phenoxy) is 1. The van der Waals surface area contributed by atoms with Crippen LogP contribution in [0.3, 0.4) is 0 Å². The molecule has 1 aliphatic heterocycles. The van der Waals surface area contributed by atoms with Crippen LogP contribution in [0.4, 0.5) is 5.69 Å². The molecule has 3 rings (SSSR count). The zero-order valence-corrected chi connectivity index (χ0v) is 11.4. The zero-order chi connectivity index (χ0) is 12.4. The van der Waals surface area contributed by atoms with Gasteiger partial charge in [-0.1, -0.05) is 0 Å². The monoisotopic (exact) mass is 262 g/mol. The van der Waals surface area contributed by atoms with Crippen LogP contribution in [0.5, 0.6) is 0 Å². The number of hydrogen-bond donors (Lipinski definition) is 1. The summed E-state index contributed by atoms with van der Waals surface area (Å²) in [6.07, 6.45) is 2.47. The Balaban J connectivity index is 1.66. The first-order valence-corrected chi connectivity index (χ1v) is 7.32. The molecular weight excluding hydrogens is 244 g/mol. The van der Waals surface area contributed by atoms with Crippen LogP contribution in [0.1, 0.15) is 17.8 Å². The molecule has 96 valence electrons. The summed E-state index contributed by atoms with van der Waals surface area (Å²) in [4.78, 5) is 4.47. The Morgan fingerprint density at radius 2 is 2.44 bits per heavy atom. The Labute approximate surface area is 111 Å². The number of nitrogens with one attached hydrogen (secondary N) is 1. The lowest BCUT2D eigenvalue weighted by atomic mass is 10.0. The number of aryl methyl sites for hydroxylation is 1. The maximum absolute atomic E-state index is 5.50. The summed E-state index contributed by atoms with van der Waals surface area (Å²) in [5.74, 6) is 0.651. The number of anilines is 1. The van der Waals surface area contributed by atoms with E-state index in [-0.39, 0.29) is 0 Å². The van der Waals surface area contributed by atoms with E-state index in [1.165, 1.54) is 23.2 Å². The van der Waals surface area contributed by atoms with Crippen LogP contribution >= 0.6 is 11.3 Å². The molecule has 0 spiro atoms. The largest absolute Gasteiger partial charge is 0.385 e. The van der Waals surface area contributed by atoms with E-state index in [4.69, 9.17) is 4.74 Å². The minimum Gasteiger partial charge on any atom is -0.385 e. The highest BCUT2D eigenvalue weighted by molar-refractivity contribution is 7.18. The van der Waals surface area contributed by atoms with Crippen molar-refractivity contribution in [3.8, 4) is 0 Å². The van der Waals surface area contributed by atoms with Crippen molar-refractivity contribution in [1.82, 2.24) is 4.98 Å². The third-order valence-corrected chi connectivity index (χ3v) is 4.28. The number of aromatic nitrogens is 1. The van der Waals surface area contributed by atoms with Crippen LogP contribution in [-0.4, -0.2) is 24.7 Å². The van der Waals surface area contributed by atoms with E-state index in [0.29, 0.717) is 5.92 Å². The molecule has 0 radical (unpaired) electrons. The van der Waals surface area contributed by atoms with E-state index in [1.807, 2.05) is 0 Å². The van der Waals surface area contributed by atoms with Crippen LogP contribution in [0.15, 0.2) is 18.2 Å². The highest BCUT2D eigenvalue weighted by Gasteiger charge is 2.13. The van der Waals surface area contributed by atoms with E-state index in [0.717, 1.165) is 30.3 Å². The molecule has 1 saturated heterocycles. The topological polar surface area (TPSA) is 34.2 Å². The molecule has 3 nitrogen and oxygen atoms in total. The molecule has 0 saturated carbocycles. The van der Waals surface area contributed by atoms with E-state index in [9.17, 15) is 0 Å². The maximum Gasteiger partial charge on any atom is 0.0907 e. The normalized spacial score (nSPS) is 20.2. The smallest absolute Gasteiger partial charge is 0.0907 e. The number of hydrogen-bond acceptors (Lipinski definition) is 4. The molecule has 1 atom stereocenters. The van der Waals surface area contributed by atoms with Gasteiger partial charge in [0.25, 0.3) is 0 Å². The Bertz CT molecular complexity index is 532. The summed E-state index contributed by atoms with van der Waals surface area (Å²) in [6, 6.07) is 6.41. The highest BCUT2D eigenvalue weighted by Crippen LogP contribution is 2.25. The molecule has 1 aromatic heterocycles. The lowest BCUT2D eigenvalue weighted by molar-refractivity contribution is 0.0595. The van der Waals surface area contributed by atoms with Crippen molar-refractivity contribution >= 4 is 27.2 Å². The predicted molar refractivity (Wildman–Crippen MR) is 76.4 cm³/mol. The summed E-state index contributed by atoms with van der Waals surface area (Å²) in [5.41, 5.74) is 2.29. The summed E-state index contributed by atoms with van der Waals surface area (Å²) < 4.78 is 6.76. The molecule has 18 heavy (non-hydrogen) atoms. The van der Waals surface area contributed by atoms with Gasteiger partial charge in [0.2, 0.25) is 0 Å². The molecule has 0 bridgehead atoms. The Kier molecular flexibility index (Phi) is 3.48. The number of thiazole rings is 1. The molecular formula is C14H18N2OS. The first-order valence-electron chi connectivity index (χ1n) is 6.50. The molecule has 1 aromatic carbocycles. The highest BCUT2D eigenvalue weighted by atomic mass is 32.1. The molecule has 0 amide bonds. The Hall–Kier alpha value is -1.13. The van der Waals surface area contributed by atoms with Crippen LogP contribution in [0, 0.1) is 12.8 Å². The van der Waals surface area contributed by atoms with Crippen molar-refractivity contribution in [3.05, 3.63) is 23.2 Å². The fourth-order valence-corrected chi connectivity index (χ4v) is 3.25. The molecule has 2 heterocycles. The first kappa shape index (κ1) is 11.9. The summed E-state index contributed by atoms with van der Waals surface area (Å²) >= 11 is 1.75. The van der Waals surface area contributed by atoms with Crippen molar-refractivity contribution in [2.75, 3.05) is 25.1 Å². The van der Waals surface area contributed by atoms with Gasteiger partial charge in [-0.2, -0.15) is 0 Å². The Morgan fingerprint density at radius 3 is 3.28 bits per heavy atom. The zero-order valence-electron chi connectivity index (χ0n) is 10.6. The van der Waals surface area contributed by atoms with Gasteiger partial charge in [0, 0.05) is 18.8 Å². The standard InChI is InChI=1S/C14H18N2OS/c1-10-16-13-5-4-12(7-14(13)18-10)15-8-11-3-2-6-17-9-11/h4-5,7,11,15H,2-3,6,8-9H2,1H3. The first-order chi connectivity index (χ1) is 8.81. The van der Waals surface area contributed by atoms with Crippen LogP contribution in [0.25, 0.3) is 10.2 Å². The lowest BCUT2D eigenvalue weighted by Gasteiger charge is -2.22. The van der Waals surface area contributed by atoms with Gasteiger partial charge in [-0.05, 0) is 43.9 Å². The molecule has 4 heteroatoms. The quantitative estimate of drug-likeness (QED) is 0.920. The number of fused-ring (bicyclic) bond motifs is 1. The van der Waals surface area contributed by atoms with Crippen molar-refractivity contribution < 1.29 is 4.74 Å². The average molecular weight is 262 g/mol. The van der Waals surface area contributed by atoms with E-state index < -0.39 is 0 Å². The van der Waals surface area contributed by atoms with Crippen molar-refractivity contribution in [2.24, 2.45) is 5.92 Å². The third kappa shape index (κ3) is 2.65. The molecule has 1 unspecified atom stereocenters. The van der Waals surface area contributed by atoms with Crippen LogP contribution < -0.4 is 5.32 Å². The lowest BCUT2D eigenvalue weighted by Crippen LogP contribution is -2.24. The van der Waals surface area contributed by atoms with Gasteiger partial charge in [-0.3, -0.25) is 0 Å². The molecule has 1 N–H and O–H groups in total. The fraction of sp³-hybridized carbons (Fsp3) is 0.500. The van der Waals surface area contributed by atoms with Crippen molar-refractivity contribution in [1.29, 1.82) is 0 Å². The van der Waals surface area contributed by atoms with Crippen LogP contribution in [-0.2, 0) is 4.74 Å². The van der Waals surface area contributed by atoms with Crippen LogP contribution in [0.2, 0.25) is 0 Å². The van der Waals surface area contributed by atoms with Gasteiger partial charge in [0.05, 0.1) is 21.8 Å². The number of nitrogens with zero attached hydrogens (tertiary/aromatic N) is 1. The second kappa shape index (κ2) is 5.24. The van der Waals surface area contributed by atoms with Gasteiger partial charge in [-0.25, -0.2) is 4.98 Å². The van der Waals surface area contributed by atoms with E-state index in [1.54, 1.807) is 11.3 Å². The van der Waals surface area contributed by atoms with E-state index >= 15 is 0 Å². The maximum atomic E-state index is 5.50. The minimum atomic E-state index is 0.651. The van der Waals surface area contributed by atoms with Gasteiger partial charge in [-0.15, -0.1) is 11.3 Å². The summed E-state index contributed by atoms with van der Waals surface area (Å²) in [6.45, 7) is 4.89. The van der Waals surface area contributed by atoms with Gasteiger partial charge in [0.1, 0.15) is 0 Å². The van der Waals surface area contributed by atoms with Gasteiger partial charge >= 0.3 is 0 Å². The number of rotatable bonds is 3. The van der Waals surface area contributed by atoms with Crippen molar-refractivity contribution in [2.45, 2.75) is 19.8 Å². The van der Waals surface area contributed by atoms with Gasteiger partial charge < -0.3 is 10.1 Å². The molecule has 1 fully saturated rings. The predicted octanol–water partition coefficient (Wildman–Crippen LogP) is 3.44. The summed E-state index contributed by atoms with van der Waals surface area (Å²) in [7, 11) is 0. The third-order valence-electron chi connectivity index (χ3n) is 3.34. The second-order valence-corrected chi connectivity index (χ2v) is 6.11. The average Bonchev–Trinajstić information content (AvgIpc) is 2.77. The van der Waals surface area contributed by atoms with E-state index in [2.05, 4.69) is 35.4 Å². The molecule has 0 aliphatic carbocycles. The second-order valence-electron chi connectivity index (χ2n) is 4.88. The molecule has 2 aromatic rings. The van der Waals surface area contributed by atoms with Crippen molar-refractivity contribution in [3.63, 3.8) is 0 Å². The molecule has 1 aliphatic rings. The number of benzene rings is 1. The minimum absolute atomic E-state index is 0.651. The fourth-order valence-electron chi connectivity index (χ4n) is 2.38.